The van der Waals surface area contributed by atoms with Crippen molar-refractivity contribution in [2.45, 2.75) is 103 Å². The highest BCUT2D eigenvalue weighted by atomic mass is 16.7. The molecule has 2 fully saturated rings. The van der Waals surface area contributed by atoms with Crippen molar-refractivity contribution in [2.24, 2.45) is 11.8 Å². The van der Waals surface area contributed by atoms with Gasteiger partial charge in [-0.3, -0.25) is 19.7 Å². The predicted octanol–water partition coefficient (Wildman–Crippen LogP) is 2.56. The molecule has 0 spiro atoms. The lowest BCUT2D eigenvalue weighted by Gasteiger charge is -2.33. The molecule has 0 radical (unpaired) electrons. The fourth-order valence-electron chi connectivity index (χ4n) is 4.63. The molecule has 2 N–H and O–H groups in total. The van der Waals surface area contributed by atoms with Crippen LogP contribution < -0.4 is 10.6 Å². The number of carbonyl (C=O) groups is 2. The zero-order chi connectivity index (χ0) is 23.8. The van der Waals surface area contributed by atoms with Crippen LogP contribution in [-0.2, 0) is 18.9 Å². The molecule has 2 amide bonds. The van der Waals surface area contributed by atoms with Gasteiger partial charge in [0.05, 0.1) is 11.2 Å². The molecule has 2 aliphatic rings. The van der Waals surface area contributed by atoms with E-state index >= 15 is 0 Å². The Balaban J connectivity index is 2.19. The third-order valence-electron chi connectivity index (χ3n) is 6.69. The first-order chi connectivity index (χ1) is 14.0. The normalized spacial score (nSPS) is 29.6. The number of carbonyl (C=O) groups excluding carboxylic acids is 2. The van der Waals surface area contributed by atoms with E-state index in [4.69, 9.17) is 9.31 Å². The van der Waals surface area contributed by atoms with E-state index < -0.39 is 29.4 Å². The van der Waals surface area contributed by atoms with Crippen molar-refractivity contribution in [1.82, 2.24) is 10.6 Å². The predicted molar refractivity (Wildman–Crippen MR) is 118 cm³/mol. The fraction of sp³-hybridized carbons (Fsp3) is 0.905. The van der Waals surface area contributed by atoms with E-state index in [-0.39, 0.29) is 41.5 Å². The summed E-state index contributed by atoms with van der Waals surface area (Å²) < 4.78 is 12.1. The van der Waals surface area contributed by atoms with Gasteiger partial charge in [0.25, 0.3) is 0 Å². The average molecular weight is 439 g/mol. The van der Waals surface area contributed by atoms with Crippen LogP contribution >= 0.6 is 0 Å². The Bertz CT molecular complexity index is 704. The van der Waals surface area contributed by atoms with Gasteiger partial charge < -0.3 is 19.9 Å². The second kappa shape index (κ2) is 8.69. The van der Waals surface area contributed by atoms with Crippen LogP contribution in [0.3, 0.4) is 0 Å². The molecular formula is C21H38BN3O6. The van der Waals surface area contributed by atoms with Crippen LogP contribution in [-0.4, -0.2) is 52.7 Å². The number of rotatable bonds is 7. The minimum atomic E-state index is -1.15. The van der Waals surface area contributed by atoms with Crippen molar-refractivity contribution >= 4 is 18.9 Å². The van der Waals surface area contributed by atoms with E-state index in [1.807, 2.05) is 48.5 Å². The molecule has 1 aliphatic heterocycles. The summed E-state index contributed by atoms with van der Waals surface area (Å²) in [6.45, 7) is 14.7. The highest BCUT2D eigenvalue weighted by Gasteiger charge is 2.54. The molecule has 0 aromatic heterocycles. The number of hydrogen-bond donors (Lipinski definition) is 2. The van der Waals surface area contributed by atoms with Crippen molar-refractivity contribution in [3.05, 3.63) is 10.1 Å². The summed E-state index contributed by atoms with van der Waals surface area (Å²) in [5.74, 6) is -1.05. The monoisotopic (exact) mass is 439 g/mol. The Morgan fingerprint density at radius 1 is 1.10 bits per heavy atom. The van der Waals surface area contributed by atoms with E-state index in [1.54, 1.807) is 0 Å². The van der Waals surface area contributed by atoms with E-state index in [1.165, 1.54) is 6.92 Å². The summed E-state index contributed by atoms with van der Waals surface area (Å²) in [5.41, 5.74) is -2.53. The summed E-state index contributed by atoms with van der Waals surface area (Å²) >= 11 is 0. The second-order valence-corrected chi connectivity index (χ2v) is 11.2. The first-order valence-corrected chi connectivity index (χ1v) is 11.1. The molecule has 0 bridgehead atoms. The van der Waals surface area contributed by atoms with Gasteiger partial charge in [-0.2, -0.15) is 0 Å². The molecule has 3 atom stereocenters. The van der Waals surface area contributed by atoms with Crippen LogP contribution in [0.4, 0.5) is 0 Å². The van der Waals surface area contributed by atoms with Gasteiger partial charge in [-0.05, 0) is 73.5 Å². The second-order valence-electron chi connectivity index (χ2n) is 11.2. The number of nitro groups is 1. The molecule has 0 aromatic carbocycles. The largest absolute Gasteiger partial charge is 0.457 e. The van der Waals surface area contributed by atoms with Gasteiger partial charge in [0.1, 0.15) is 5.54 Å². The third kappa shape index (κ3) is 6.19. The maximum atomic E-state index is 13.2. The first kappa shape index (κ1) is 25.6. The molecule has 2 rings (SSSR count). The van der Waals surface area contributed by atoms with Crippen LogP contribution in [0.1, 0.15) is 74.7 Å². The molecule has 9 nitrogen and oxygen atoms in total. The van der Waals surface area contributed by atoms with Gasteiger partial charge in [0.2, 0.25) is 18.4 Å². The highest BCUT2D eigenvalue weighted by molar-refractivity contribution is 6.45. The Hall–Kier alpha value is -1.68. The zero-order valence-corrected chi connectivity index (χ0v) is 20.2. The molecule has 1 heterocycles. The molecule has 31 heavy (non-hydrogen) atoms. The Kier molecular flexibility index (Phi) is 7.17. The average Bonchev–Trinajstić information content (AvgIpc) is 2.97. The highest BCUT2D eigenvalue weighted by Crippen LogP contribution is 2.44. The summed E-state index contributed by atoms with van der Waals surface area (Å²) in [7, 11) is -0.402. The molecule has 10 heteroatoms. The van der Waals surface area contributed by atoms with E-state index in [0.717, 1.165) is 0 Å². The number of nitrogens with zero attached hydrogens (tertiary/aromatic N) is 1. The smallest absolute Gasteiger partial charge is 0.403 e. The standard InChI is InChI=1S/C21H38BN3O6/c1-14(26)23-21(17(27)24-18(2,3)4)11-15(16(12-21)13-25(28)29)9-10-22-30-19(5,6)20(7,8)31-22/h15-16H,9-13H2,1-8H3,(H,23,26)(H,24,27)/t15-,16+,21+/m0/s1. The summed E-state index contributed by atoms with van der Waals surface area (Å²) in [4.78, 5) is 36.1. The van der Waals surface area contributed by atoms with Crippen molar-refractivity contribution in [1.29, 1.82) is 0 Å². The topological polar surface area (TPSA) is 120 Å². The van der Waals surface area contributed by atoms with Crippen LogP contribution in [0.25, 0.3) is 0 Å². The van der Waals surface area contributed by atoms with Crippen LogP contribution in [0.15, 0.2) is 0 Å². The van der Waals surface area contributed by atoms with Crippen LogP contribution in [0, 0.1) is 22.0 Å². The SMILES string of the molecule is CC(=O)N[C@]1(C(=O)NC(C)(C)C)C[C@H](CCB2OC(C)(C)C(C)(C)O2)[C@@H](C[N+](=O)[O-])C1. The van der Waals surface area contributed by atoms with Crippen molar-refractivity contribution < 1.29 is 23.8 Å². The van der Waals surface area contributed by atoms with Crippen molar-refractivity contribution in [3.8, 4) is 0 Å². The fourth-order valence-corrected chi connectivity index (χ4v) is 4.63. The molecule has 1 aliphatic carbocycles. The van der Waals surface area contributed by atoms with Crippen LogP contribution in [0.2, 0.25) is 6.32 Å². The van der Waals surface area contributed by atoms with Gasteiger partial charge in [0, 0.05) is 23.3 Å². The molecule has 176 valence electrons. The molecule has 0 aromatic rings. The molecule has 1 saturated heterocycles. The summed E-state index contributed by atoms with van der Waals surface area (Å²) in [6.07, 6.45) is 1.78. The third-order valence-corrected chi connectivity index (χ3v) is 6.69. The quantitative estimate of drug-likeness (QED) is 0.357. The van der Waals surface area contributed by atoms with Gasteiger partial charge in [-0.15, -0.1) is 0 Å². The summed E-state index contributed by atoms with van der Waals surface area (Å²) in [5, 5.41) is 17.1. The lowest BCUT2D eigenvalue weighted by Crippen LogP contribution is -2.60. The Morgan fingerprint density at radius 2 is 1.61 bits per heavy atom. The van der Waals surface area contributed by atoms with Crippen molar-refractivity contribution in [3.63, 3.8) is 0 Å². The number of hydrogen-bond acceptors (Lipinski definition) is 6. The van der Waals surface area contributed by atoms with E-state index in [9.17, 15) is 19.7 Å². The van der Waals surface area contributed by atoms with E-state index in [2.05, 4.69) is 10.6 Å². The molecular weight excluding hydrogens is 401 g/mol. The molecule has 0 unspecified atom stereocenters. The van der Waals surface area contributed by atoms with Gasteiger partial charge in [-0.1, -0.05) is 6.42 Å². The summed E-state index contributed by atoms with van der Waals surface area (Å²) in [6, 6.07) is 0. The van der Waals surface area contributed by atoms with Crippen molar-refractivity contribution in [2.75, 3.05) is 6.54 Å². The Morgan fingerprint density at radius 3 is 2.06 bits per heavy atom. The maximum absolute atomic E-state index is 13.2. The maximum Gasteiger partial charge on any atom is 0.457 e. The minimum Gasteiger partial charge on any atom is -0.403 e. The first-order valence-electron chi connectivity index (χ1n) is 11.1. The van der Waals surface area contributed by atoms with Gasteiger partial charge in [0.15, 0.2) is 0 Å². The molecule has 1 saturated carbocycles. The number of nitrogens with one attached hydrogen (secondary N) is 2. The lowest BCUT2D eigenvalue weighted by molar-refractivity contribution is -0.489. The Labute approximate surface area is 185 Å². The van der Waals surface area contributed by atoms with E-state index in [0.29, 0.717) is 19.2 Å². The zero-order valence-electron chi connectivity index (χ0n) is 20.2. The number of amides is 2. The minimum absolute atomic E-state index is 0.109. The van der Waals surface area contributed by atoms with Gasteiger partial charge >= 0.3 is 7.12 Å². The lowest BCUT2D eigenvalue weighted by atomic mass is 9.77. The van der Waals surface area contributed by atoms with Crippen LogP contribution in [0.5, 0.6) is 0 Å². The van der Waals surface area contributed by atoms with Gasteiger partial charge in [-0.25, -0.2) is 0 Å².